The molecule has 15 heavy (non-hydrogen) atoms. The molecule has 3 heteroatoms. The minimum atomic E-state index is -0.151. The second-order valence-electron chi connectivity index (χ2n) is 6.35. The van der Waals surface area contributed by atoms with Gasteiger partial charge in [0.2, 0.25) is 5.91 Å². The van der Waals surface area contributed by atoms with Crippen LogP contribution < -0.4 is 5.32 Å². The van der Waals surface area contributed by atoms with Crippen LogP contribution in [0.3, 0.4) is 0 Å². The SMILES string of the molecule is CC(C)(C)NC(=O)[C@@H]1C[C@H]1OC(C)(C)C. The van der Waals surface area contributed by atoms with Gasteiger partial charge in [-0.15, -0.1) is 0 Å². The normalized spacial score (nSPS) is 26.3. The Morgan fingerprint density at radius 3 is 2.13 bits per heavy atom. The molecule has 1 aliphatic rings. The summed E-state index contributed by atoms with van der Waals surface area (Å²) in [5, 5.41) is 2.98. The summed E-state index contributed by atoms with van der Waals surface area (Å²) in [6.07, 6.45) is 0.978. The van der Waals surface area contributed by atoms with Gasteiger partial charge in [-0.25, -0.2) is 0 Å². The summed E-state index contributed by atoms with van der Waals surface area (Å²) in [5.41, 5.74) is -0.298. The Balaban J connectivity index is 2.35. The van der Waals surface area contributed by atoms with Crippen LogP contribution in [0, 0.1) is 5.92 Å². The lowest BCUT2D eigenvalue weighted by Gasteiger charge is -2.22. The minimum Gasteiger partial charge on any atom is -0.372 e. The Morgan fingerprint density at radius 2 is 1.73 bits per heavy atom. The van der Waals surface area contributed by atoms with E-state index in [1.54, 1.807) is 0 Å². The van der Waals surface area contributed by atoms with Gasteiger partial charge in [0.15, 0.2) is 0 Å². The monoisotopic (exact) mass is 213 g/mol. The highest BCUT2D eigenvalue weighted by atomic mass is 16.5. The minimum absolute atomic E-state index is 0.0587. The molecule has 3 nitrogen and oxygen atoms in total. The third-order valence-corrected chi connectivity index (χ3v) is 2.07. The van der Waals surface area contributed by atoms with E-state index in [2.05, 4.69) is 5.32 Å². The summed E-state index contributed by atoms with van der Waals surface area (Å²) < 4.78 is 5.74. The zero-order valence-corrected chi connectivity index (χ0v) is 10.7. The van der Waals surface area contributed by atoms with Crippen molar-refractivity contribution in [3.63, 3.8) is 0 Å². The fraction of sp³-hybridized carbons (Fsp3) is 0.917. The van der Waals surface area contributed by atoms with Gasteiger partial charge in [-0.2, -0.15) is 0 Å². The van der Waals surface area contributed by atoms with Crippen molar-refractivity contribution in [3.8, 4) is 0 Å². The Kier molecular flexibility index (Phi) is 3.15. The highest BCUT2D eigenvalue weighted by molar-refractivity contribution is 5.82. The Bertz CT molecular complexity index is 247. The van der Waals surface area contributed by atoms with Crippen molar-refractivity contribution in [2.75, 3.05) is 0 Å². The van der Waals surface area contributed by atoms with E-state index in [4.69, 9.17) is 4.74 Å². The molecule has 1 saturated carbocycles. The molecule has 0 spiro atoms. The molecule has 0 heterocycles. The van der Waals surface area contributed by atoms with E-state index >= 15 is 0 Å². The summed E-state index contributed by atoms with van der Waals surface area (Å²) in [4.78, 5) is 11.7. The molecule has 0 radical (unpaired) electrons. The highest BCUT2D eigenvalue weighted by Gasteiger charge is 2.46. The lowest BCUT2D eigenvalue weighted by atomic mass is 10.1. The number of ether oxygens (including phenoxy) is 1. The van der Waals surface area contributed by atoms with Gasteiger partial charge in [0.1, 0.15) is 0 Å². The van der Waals surface area contributed by atoms with Crippen molar-refractivity contribution in [2.24, 2.45) is 5.92 Å². The van der Waals surface area contributed by atoms with Gasteiger partial charge in [0, 0.05) is 5.54 Å². The van der Waals surface area contributed by atoms with Crippen molar-refractivity contribution in [1.82, 2.24) is 5.32 Å². The molecule has 0 aliphatic heterocycles. The number of rotatable bonds is 2. The van der Waals surface area contributed by atoms with Crippen LogP contribution >= 0.6 is 0 Å². The van der Waals surface area contributed by atoms with Crippen LogP contribution in [0.2, 0.25) is 0 Å². The van der Waals surface area contributed by atoms with E-state index in [-0.39, 0.29) is 29.1 Å². The van der Waals surface area contributed by atoms with E-state index in [0.29, 0.717) is 0 Å². The van der Waals surface area contributed by atoms with Crippen molar-refractivity contribution >= 4 is 5.91 Å². The Labute approximate surface area is 92.6 Å². The number of nitrogens with one attached hydrogen (secondary N) is 1. The molecule has 1 N–H and O–H groups in total. The molecule has 88 valence electrons. The molecule has 0 aromatic rings. The number of hydrogen-bond acceptors (Lipinski definition) is 2. The largest absolute Gasteiger partial charge is 0.372 e. The van der Waals surface area contributed by atoms with Gasteiger partial charge in [-0.1, -0.05) is 0 Å². The zero-order chi connectivity index (χ0) is 11.9. The predicted octanol–water partition coefficient (Wildman–Crippen LogP) is 2.10. The highest BCUT2D eigenvalue weighted by Crippen LogP contribution is 2.37. The summed E-state index contributed by atoms with van der Waals surface area (Å²) in [7, 11) is 0. The number of carbonyl (C=O) groups is 1. The molecule has 1 amide bonds. The molecule has 0 aromatic carbocycles. The van der Waals surface area contributed by atoms with Crippen molar-refractivity contribution in [3.05, 3.63) is 0 Å². The Morgan fingerprint density at radius 1 is 1.20 bits per heavy atom. The van der Waals surface area contributed by atoms with Gasteiger partial charge >= 0.3 is 0 Å². The number of carbonyl (C=O) groups excluding carboxylic acids is 1. The van der Waals surface area contributed by atoms with Crippen molar-refractivity contribution in [2.45, 2.75) is 65.2 Å². The van der Waals surface area contributed by atoms with E-state index in [9.17, 15) is 4.79 Å². The summed E-state index contributed by atoms with van der Waals surface area (Å²) in [6.45, 7) is 12.0. The third kappa shape index (κ3) is 4.65. The third-order valence-electron chi connectivity index (χ3n) is 2.07. The predicted molar refractivity (Wildman–Crippen MR) is 60.6 cm³/mol. The average molecular weight is 213 g/mol. The molecule has 2 atom stereocenters. The average Bonchev–Trinajstić information content (AvgIpc) is 2.58. The van der Waals surface area contributed by atoms with Gasteiger partial charge in [-0.05, 0) is 48.0 Å². The van der Waals surface area contributed by atoms with Crippen LogP contribution in [0.25, 0.3) is 0 Å². The first kappa shape index (κ1) is 12.5. The standard InChI is InChI=1S/C12H23NO2/c1-11(2,3)13-10(14)8-7-9(8)15-12(4,5)6/h8-9H,7H2,1-6H3,(H,13,14)/t8-,9-/m1/s1. The van der Waals surface area contributed by atoms with Crippen LogP contribution in [0.15, 0.2) is 0 Å². The molecule has 0 bridgehead atoms. The maximum absolute atomic E-state index is 11.7. The van der Waals surface area contributed by atoms with Gasteiger partial charge in [0.05, 0.1) is 17.6 Å². The first-order chi connectivity index (χ1) is 6.58. The van der Waals surface area contributed by atoms with E-state index < -0.39 is 0 Å². The second kappa shape index (κ2) is 3.78. The molecule has 0 saturated heterocycles. The van der Waals surface area contributed by atoms with Crippen LogP contribution in [0.4, 0.5) is 0 Å². The van der Waals surface area contributed by atoms with Crippen LogP contribution in [0.5, 0.6) is 0 Å². The number of amides is 1. The van der Waals surface area contributed by atoms with Crippen LogP contribution in [-0.4, -0.2) is 23.2 Å². The van der Waals surface area contributed by atoms with Gasteiger partial charge < -0.3 is 10.1 Å². The lowest BCUT2D eigenvalue weighted by molar-refractivity contribution is -0.125. The molecule has 0 aromatic heterocycles. The fourth-order valence-corrected chi connectivity index (χ4v) is 1.49. The van der Waals surface area contributed by atoms with Crippen molar-refractivity contribution in [1.29, 1.82) is 0 Å². The van der Waals surface area contributed by atoms with Gasteiger partial charge in [-0.3, -0.25) is 4.79 Å². The van der Waals surface area contributed by atoms with Gasteiger partial charge in [0.25, 0.3) is 0 Å². The topological polar surface area (TPSA) is 38.3 Å². The molecule has 1 rings (SSSR count). The smallest absolute Gasteiger partial charge is 0.226 e. The van der Waals surface area contributed by atoms with Crippen molar-refractivity contribution < 1.29 is 9.53 Å². The molecular formula is C12H23NO2. The maximum Gasteiger partial charge on any atom is 0.226 e. The second-order valence-corrected chi connectivity index (χ2v) is 6.35. The summed E-state index contributed by atoms with van der Waals surface area (Å²) in [5.74, 6) is 0.181. The van der Waals surface area contributed by atoms with Crippen LogP contribution in [0.1, 0.15) is 48.0 Å². The molecule has 0 unspecified atom stereocenters. The Hall–Kier alpha value is -0.570. The number of hydrogen-bond donors (Lipinski definition) is 1. The van der Waals surface area contributed by atoms with E-state index in [1.165, 1.54) is 0 Å². The van der Waals surface area contributed by atoms with E-state index in [0.717, 1.165) is 6.42 Å². The molecule has 1 fully saturated rings. The first-order valence-corrected chi connectivity index (χ1v) is 5.58. The first-order valence-electron chi connectivity index (χ1n) is 5.58. The maximum atomic E-state index is 11.7. The zero-order valence-electron chi connectivity index (χ0n) is 10.7. The quantitative estimate of drug-likeness (QED) is 0.763. The van der Waals surface area contributed by atoms with Crippen LogP contribution in [-0.2, 0) is 9.53 Å². The summed E-state index contributed by atoms with van der Waals surface area (Å²) in [6, 6.07) is 0. The fourth-order valence-electron chi connectivity index (χ4n) is 1.49. The molecule has 1 aliphatic carbocycles. The van der Waals surface area contributed by atoms with E-state index in [1.807, 2.05) is 41.5 Å². The summed E-state index contributed by atoms with van der Waals surface area (Å²) >= 11 is 0. The lowest BCUT2D eigenvalue weighted by Crippen LogP contribution is -2.42. The molecular weight excluding hydrogens is 190 g/mol.